The Bertz CT molecular complexity index is 706. The number of nitrogens with zero attached hydrogens (tertiary/aromatic N) is 2. The maximum absolute atomic E-state index is 10.6. The molecular weight excluding hydrogens is 280 g/mol. The van der Waals surface area contributed by atoms with E-state index in [1.54, 1.807) is 42.5 Å². The van der Waals surface area contributed by atoms with E-state index in [9.17, 15) is 9.90 Å². The quantitative estimate of drug-likeness (QED) is 0.463. The van der Waals surface area contributed by atoms with E-state index in [2.05, 4.69) is 16.8 Å². The van der Waals surface area contributed by atoms with Crippen LogP contribution in [0, 0.1) is 0 Å². The smallest absolute Gasteiger partial charge is 0.150 e. The van der Waals surface area contributed by atoms with Gasteiger partial charge in [-0.15, -0.1) is 5.11 Å². The van der Waals surface area contributed by atoms with Crippen LogP contribution in [0.15, 0.2) is 65.0 Å². The van der Waals surface area contributed by atoms with Gasteiger partial charge in [-0.05, 0) is 48.4 Å². The second kappa shape index (κ2) is 7.17. The van der Waals surface area contributed by atoms with Crippen LogP contribution in [0.5, 0.6) is 5.75 Å². The van der Waals surface area contributed by atoms with Crippen molar-refractivity contribution in [3.05, 3.63) is 65.9 Å². The summed E-state index contributed by atoms with van der Waals surface area (Å²) < 4.78 is 0. The topological polar surface area (TPSA) is 82.2 Å². The van der Waals surface area contributed by atoms with Crippen LogP contribution in [0.2, 0.25) is 0 Å². The fourth-order valence-corrected chi connectivity index (χ4v) is 1.82. The van der Waals surface area contributed by atoms with Gasteiger partial charge in [-0.2, -0.15) is 5.11 Å². The van der Waals surface area contributed by atoms with Crippen molar-refractivity contribution in [2.45, 2.75) is 12.8 Å². The molecule has 0 saturated heterocycles. The lowest BCUT2D eigenvalue weighted by atomic mass is 10.1. The van der Waals surface area contributed by atoms with E-state index < -0.39 is 0 Å². The Hall–Kier alpha value is -2.95. The molecule has 0 atom stereocenters. The number of aromatic hydroxyl groups is 1. The van der Waals surface area contributed by atoms with Crippen LogP contribution in [0.4, 0.5) is 11.4 Å². The van der Waals surface area contributed by atoms with Crippen LogP contribution in [-0.4, -0.2) is 16.5 Å². The largest absolute Gasteiger partial charge is 0.513 e. The molecule has 0 aliphatic rings. The van der Waals surface area contributed by atoms with Crippen LogP contribution in [0.1, 0.15) is 22.3 Å². The molecule has 0 unspecified atom stereocenters. The fraction of sp³-hybridized carbons (Fsp3) is 0.118. The molecule has 0 bridgehead atoms. The van der Waals surface area contributed by atoms with Gasteiger partial charge in [-0.3, -0.25) is 4.79 Å². The van der Waals surface area contributed by atoms with Crippen molar-refractivity contribution < 1.29 is 15.0 Å². The van der Waals surface area contributed by atoms with Crippen LogP contribution < -0.4 is 0 Å². The molecule has 0 radical (unpaired) electrons. The molecule has 0 fully saturated rings. The Morgan fingerprint density at radius 3 is 2.50 bits per heavy atom. The number of carbonyl (C=O) groups excluding carboxylic acids is 1. The molecule has 0 spiro atoms. The number of aldehydes is 1. The predicted molar refractivity (Wildman–Crippen MR) is 84.2 cm³/mol. The number of rotatable bonds is 6. The Balaban J connectivity index is 2.16. The van der Waals surface area contributed by atoms with E-state index in [4.69, 9.17) is 5.11 Å². The van der Waals surface area contributed by atoms with Crippen molar-refractivity contribution >= 4 is 17.7 Å². The van der Waals surface area contributed by atoms with E-state index in [1.807, 2.05) is 0 Å². The van der Waals surface area contributed by atoms with Gasteiger partial charge in [0.25, 0.3) is 0 Å². The zero-order valence-corrected chi connectivity index (χ0v) is 11.9. The SMILES string of the molecule is C=C(O)CCc1ccc(O)c(N=Nc2ccc(C=O)cc2)c1. The summed E-state index contributed by atoms with van der Waals surface area (Å²) >= 11 is 0. The summed E-state index contributed by atoms with van der Waals surface area (Å²) in [5, 5.41) is 27.0. The predicted octanol–water partition coefficient (Wildman–Crippen LogP) is 4.62. The number of phenolic OH excluding ortho intramolecular Hbond substituents is 1. The number of azo groups is 1. The Morgan fingerprint density at radius 1 is 1.14 bits per heavy atom. The third kappa shape index (κ3) is 4.28. The van der Waals surface area contributed by atoms with Crippen LogP contribution in [-0.2, 0) is 6.42 Å². The van der Waals surface area contributed by atoms with Crippen molar-refractivity contribution in [2.75, 3.05) is 0 Å². The highest BCUT2D eigenvalue weighted by Gasteiger charge is 2.03. The monoisotopic (exact) mass is 296 g/mol. The highest BCUT2D eigenvalue weighted by atomic mass is 16.3. The van der Waals surface area contributed by atoms with Gasteiger partial charge in [0.05, 0.1) is 11.4 Å². The van der Waals surface area contributed by atoms with E-state index in [0.717, 1.165) is 11.8 Å². The van der Waals surface area contributed by atoms with E-state index in [1.165, 1.54) is 0 Å². The van der Waals surface area contributed by atoms with Gasteiger partial charge in [0, 0.05) is 12.0 Å². The molecule has 22 heavy (non-hydrogen) atoms. The Morgan fingerprint density at radius 2 is 1.86 bits per heavy atom. The molecular formula is C17H16N2O3. The highest BCUT2D eigenvalue weighted by molar-refractivity contribution is 5.75. The molecule has 2 aromatic carbocycles. The van der Waals surface area contributed by atoms with Crippen LogP contribution in [0.3, 0.4) is 0 Å². The van der Waals surface area contributed by atoms with E-state index >= 15 is 0 Å². The number of aliphatic hydroxyl groups is 1. The number of aryl methyl sites for hydroxylation is 1. The molecule has 0 aliphatic heterocycles. The first kappa shape index (κ1) is 15.4. The second-order valence-corrected chi connectivity index (χ2v) is 4.80. The summed E-state index contributed by atoms with van der Waals surface area (Å²) in [6, 6.07) is 11.6. The van der Waals surface area contributed by atoms with Gasteiger partial charge in [0.15, 0.2) is 0 Å². The van der Waals surface area contributed by atoms with Crippen molar-refractivity contribution in [3.63, 3.8) is 0 Å². The van der Waals surface area contributed by atoms with Gasteiger partial charge in [-0.1, -0.05) is 12.6 Å². The summed E-state index contributed by atoms with van der Waals surface area (Å²) in [6.07, 6.45) is 1.81. The zero-order chi connectivity index (χ0) is 15.9. The standard InChI is InChI=1S/C17H16N2O3/c1-12(21)2-3-13-6-9-17(22)16(10-13)19-18-15-7-4-14(11-20)5-8-15/h4-11,21-22H,1-3H2. The fourth-order valence-electron chi connectivity index (χ4n) is 1.82. The zero-order valence-electron chi connectivity index (χ0n) is 11.9. The molecule has 112 valence electrons. The number of phenols is 1. The lowest BCUT2D eigenvalue weighted by Gasteiger charge is -2.03. The number of allylic oxidation sites excluding steroid dienone is 1. The summed E-state index contributed by atoms with van der Waals surface area (Å²) in [7, 11) is 0. The molecule has 2 N–H and O–H groups in total. The van der Waals surface area contributed by atoms with Crippen molar-refractivity contribution in [1.82, 2.24) is 0 Å². The third-order valence-electron chi connectivity index (χ3n) is 3.04. The first-order valence-corrected chi connectivity index (χ1v) is 6.74. The van der Waals surface area contributed by atoms with Crippen molar-refractivity contribution in [2.24, 2.45) is 10.2 Å². The van der Waals surface area contributed by atoms with Gasteiger partial charge in [0.2, 0.25) is 0 Å². The number of aliphatic hydroxyl groups excluding tert-OH is 1. The average Bonchev–Trinajstić information content (AvgIpc) is 2.53. The van der Waals surface area contributed by atoms with Crippen molar-refractivity contribution in [3.8, 4) is 5.75 Å². The maximum atomic E-state index is 10.6. The molecule has 0 aromatic heterocycles. The van der Waals surface area contributed by atoms with Crippen LogP contribution >= 0.6 is 0 Å². The molecule has 5 heteroatoms. The molecule has 0 amide bonds. The van der Waals surface area contributed by atoms with Crippen molar-refractivity contribution in [1.29, 1.82) is 0 Å². The number of carbonyl (C=O) groups is 1. The molecule has 0 saturated carbocycles. The first-order valence-electron chi connectivity index (χ1n) is 6.74. The number of benzene rings is 2. The van der Waals surface area contributed by atoms with Gasteiger partial charge >= 0.3 is 0 Å². The minimum atomic E-state index is 0.0276. The summed E-state index contributed by atoms with van der Waals surface area (Å²) in [6.45, 7) is 3.44. The van der Waals surface area contributed by atoms with Gasteiger partial charge < -0.3 is 10.2 Å². The Kier molecular flexibility index (Phi) is 5.03. The summed E-state index contributed by atoms with van der Waals surface area (Å²) in [5.41, 5.74) is 2.41. The highest BCUT2D eigenvalue weighted by Crippen LogP contribution is 2.29. The number of hydrogen-bond donors (Lipinski definition) is 2. The molecule has 2 rings (SSSR count). The molecule has 2 aromatic rings. The van der Waals surface area contributed by atoms with E-state index in [-0.39, 0.29) is 11.5 Å². The van der Waals surface area contributed by atoms with Gasteiger partial charge in [-0.25, -0.2) is 0 Å². The minimum absolute atomic E-state index is 0.0276. The number of hydrogen-bond acceptors (Lipinski definition) is 5. The normalized spacial score (nSPS) is 10.7. The molecule has 0 aliphatic carbocycles. The average molecular weight is 296 g/mol. The molecule has 5 nitrogen and oxygen atoms in total. The first-order chi connectivity index (χ1) is 10.6. The maximum Gasteiger partial charge on any atom is 0.150 e. The minimum Gasteiger partial charge on any atom is -0.513 e. The lowest BCUT2D eigenvalue weighted by molar-refractivity contribution is 0.112. The molecule has 0 heterocycles. The van der Waals surface area contributed by atoms with Crippen LogP contribution in [0.25, 0.3) is 0 Å². The summed E-state index contributed by atoms with van der Waals surface area (Å²) in [5.74, 6) is 0.145. The second-order valence-electron chi connectivity index (χ2n) is 4.80. The van der Waals surface area contributed by atoms with Gasteiger partial charge in [0.1, 0.15) is 17.7 Å². The third-order valence-corrected chi connectivity index (χ3v) is 3.04. The Labute approximate surface area is 128 Å². The van der Waals surface area contributed by atoms with E-state index in [0.29, 0.717) is 29.8 Å². The summed E-state index contributed by atoms with van der Waals surface area (Å²) in [4.78, 5) is 10.6. The lowest BCUT2D eigenvalue weighted by Crippen LogP contribution is -1.87.